The molecule has 0 N–H and O–H groups in total. The highest BCUT2D eigenvalue weighted by Gasteiger charge is 2.10. The standard InChI is InChI=1S/C20H20N2O4/c1-22(2)20(23)25-14-18-12-19(21-26-18)16-8-10-17(11-9-16)24-13-15-6-4-3-5-7-15/h3-12H,13-14H2,1-2H3. The molecule has 0 radical (unpaired) electrons. The van der Waals surface area contributed by atoms with Crippen LogP contribution in [0.3, 0.4) is 0 Å². The Hall–Kier alpha value is -3.28. The molecule has 0 aliphatic carbocycles. The number of amides is 1. The number of carbonyl (C=O) groups is 1. The van der Waals surface area contributed by atoms with Gasteiger partial charge in [0, 0.05) is 25.7 Å². The predicted octanol–water partition coefficient (Wildman–Crippen LogP) is 4.12. The van der Waals surface area contributed by atoms with Crippen LogP contribution in [0, 0.1) is 0 Å². The fourth-order valence-electron chi connectivity index (χ4n) is 2.24. The second-order valence-corrected chi connectivity index (χ2v) is 5.93. The number of benzene rings is 2. The second-order valence-electron chi connectivity index (χ2n) is 5.93. The SMILES string of the molecule is CN(C)C(=O)OCc1cc(-c2ccc(OCc3ccccc3)cc2)no1. The molecule has 0 fully saturated rings. The molecular formula is C20H20N2O4. The minimum Gasteiger partial charge on any atom is -0.489 e. The number of hydrogen-bond donors (Lipinski definition) is 0. The van der Waals surface area contributed by atoms with E-state index in [9.17, 15) is 4.79 Å². The van der Waals surface area contributed by atoms with Crippen LogP contribution < -0.4 is 4.74 Å². The van der Waals surface area contributed by atoms with Crippen LogP contribution in [0.2, 0.25) is 0 Å². The molecule has 0 bridgehead atoms. The fraction of sp³-hybridized carbons (Fsp3) is 0.200. The van der Waals surface area contributed by atoms with Crippen molar-refractivity contribution in [3.8, 4) is 17.0 Å². The molecule has 0 aliphatic heterocycles. The van der Waals surface area contributed by atoms with Crippen LogP contribution in [0.5, 0.6) is 5.75 Å². The smallest absolute Gasteiger partial charge is 0.409 e. The van der Waals surface area contributed by atoms with Crippen LogP contribution in [-0.2, 0) is 18.0 Å². The molecule has 6 nitrogen and oxygen atoms in total. The summed E-state index contributed by atoms with van der Waals surface area (Å²) in [6.07, 6.45) is -0.428. The van der Waals surface area contributed by atoms with Crippen molar-refractivity contribution in [2.75, 3.05) is 14.1 Å². The summed E-state index contributed by atoms with van der Waals surface area (Å²) in [5, 5.41) is 4.01. The summed E-state index contributed by atoms with van der Waals surface area (Å²) in [6, 6.07) is 19.3. The monoisotopic (exact) mass is 352 g/mol. The highest BCUT2D eigenvalue weighted by atomic mass is 16.6. The van der Waals surface area contributed by atoms with Gasteiger partial charge in [-0.2, -0.15) is 0 Å². The average Bonchev–Trinajstić information content (AvgIpc) is 3.14. The molecule has 3 rings (SSSR count). The van der Waals surface area contributed by atoms with E-state index >= 15 is 0 Å². The Morgan fingerprint density at radius 2 is 1.77 bits per heavy atom. The Morgan fingerprint density at radius 3 is 2.46 bits per heavy atom. The van der Waals surface area contributed by atoms with E-state index in [1.54, 1.807) is 20.2 Å². The molecule has 0 saturated heterocycles. The van der Waals surface area contributed by atoms with Crippen LogP contribution in [0.25, 0.3) is 11.3 Å². The van der Waals surface area contributed by atoms with Crippen molar-refractivity contribution in [2.24, 2.45) is 0 Å². The van der Waals surface area contributed by atoms with E-state index in [0.717, 1.165) is 16.9 Å². The van der Waals surface area contributed by atoms with Gasteiger partial charge in [0.25, 0.3) is 0 Å². The number of nitrogens with zero attached hydrogens (tertiary/aromatic N) is 2. The summed E-state index contributed by atoms with van der Waals surface area (Å²) < 4.78 is 16.0. The average molecular weight is 352 g/mol. The van der Waals surface area contributed by atoms with E-state index in [4.69, 9.17) is 14.0 Å². The molecule has 0 atom stereocenters. The zero-order chi connectivity index (χ0) is 18.4. The van der Waals surface area contributed by atoms with Crippen LogP contribution in [0.1, 0.15) is 11.3 Å². The summed E-state index contributed by atoms with van der Waals surface area (Å²) in [5.74, 6) is 1.26. The van der Waals surface area contributed by atoms with Crippen molar-refractivity contribution in [3.05, 3.63) is 72.0 Å². The molecule has 6 heteroatoms. The fourth-order valence-corrected chi connectivity index (χ4v) is 2.24. The summed E-state index contributed by atoms with van der Waals surface area (Å²) >= 11 is 0. The van der Waals surface area contributed by atoms with E-state index < -0.39 is 6.09 Å². The van der Waals surface area contributed by atoms with E-state index in [1.807, 2.05) is 54.6 Å². The number of aromatic nitrogens is 1. The van der Waals surface area contributed by atoms with Gasteiger partial charge in [-0.15, -0.1) is 0 Å². The normalized spacial score (nSPS) is 10.4. The van der Waals surface area contributed by atoms with E-state index in [-0.39, 0.29) is 6.61 Å². The van der Waals surface area contributed by atoms with Gasteiger partial charge in [-0.25, -0.2) is 4.79 Å². The zero-order valence-corrected chi connectivity index (χ0v) is 14.7. The second kappa shape index (κ2) is 8.20. The van der Waals surface area contributed by atoms with Gasteiger partial charge in [0.15, 0.2) is 12.4 Å². The van der Waals surface area contributed by atoms with Gasteiger partial charge in [0.2, 0.25) is 0 Å². The molecule has 0 saturated carbocycles. The summed E-state index contributed by atoms with van der Waals surface area (Å²) in [4.78, 5) is 12.8. The Labute approximate surface area is 151 Å². The summed E-state index contributed by atoms with van der Waals surface area (Å²) in [5.41, 5.74) is 2.69. The Kier molecular flexibility index (Phi) is 5.53. The van der Waals surface area contributed by atoms with E-state index in [1.165, 1.54) is 4.90 Å². The van der Waals surface area contributed by atoms with Gasteiger partial charge in [0.05, 0.1) is 0 Å². The van der Waals surface area contributed by atoms with E-state index in [0.29, 0.717) is 18.1 Å². The molecule has 1 amide bonds. The van der Waals surface area contributed by atoms with Crippen LogP contribution in [0.15, 0.2) is 65.2 Å². The lowest BCUT2D eigenvalue weighted by Gasteiger charge is -2.08. The third-order valence-corrected chi connectivity index (χ3v) is 3.66. The maximum absolute atomic E-state index is 11.4. The Bertz CT molecular complexity index is 842. The van der Waals surface area contributed by atoms with Crippen molar-refractivity contribution in [1.82, 2.24) is 10.1 Å². The first-order valence-electron chi connectivity index (χ1n) is 8.18. The topological polar surface area (TPSA) is 64.8 Å². The number of ether oxygens (including phenoxy) is 2. The minimum absolute atomic E-state index is 0.0439. The van der Waals surface area contributed by atoms with Crippen molar-refractivity contribution < 1.29 is 18.8 Å². The maximum Gasteiger partial charge on any atom is 0.409 e. The highest BCUT2D eigenvalue weighted by Crippen LogP contribution is 2.23. The van der Waals surface area contributed by atoms with Crippen molar-refractivity contribution in [1.29, 1.82) is 0 Å². The van der Waals surface area contributed by atoms with E-state index in [2.05, 4.69) is 5.16 Å². The minimum atomic E-state index is -0.428. The number of rotatable bonds is 6. The lowest BCUT2D eigenvalue weighted by atomic mass is 10.1. The highest BCUT2D eigenvalue weighted by molar-refractivity contribution is 5.66. The molecule has 0 aliphatic rings. The quantitative estimate of drug-likeness (QED) is 0.668. The lowest BCUT2D eigenvalue weighted by molar-refractivity contribution is 0.102. The van der Waals surface area contributed by atoms with Crippen molar-refractivity contribution in [3.63, 3.8) is 0 Å². The molecular weight excluding hydrogens is 332 g/mol. The molecule has 1 aromatic heterocycles. The van der Waals surface area contributed by atoms with Crippen LogP contribution in [-0.4, -0.2) is 30.2 Å². The summed E-state index contributed by atoms with van der Waals surface area (Å²) in [7, 11) is 3.24. The van der Waals surface area contributed by atoms with Gasteiger partial charge in [0.1, 0.15) is 18.1 Å². The van der Waals surface area contributed by atoms with Gasteiger partial charge < -0.3 is 18.9 Å². The van der Waals surface area contributed by atoms with Gasteiger partial charge in [-0.1, -0.05) is 35.5 Å². The molecule has 134 valence electrons. The first-order valence-corrected chi connectivity index (χ1v) is 8.18. The lowest BCUT2D eigenvalue weighted by Crippen LogP contribution is -2.22. The molecule has 0 spiro atoms. The number of carbonyl (C=O) groups excluding carboxylic acids is 1. The molecule has 1 heterocycles. The van der Waals surface area contributed by atoms with Gasteiger partial charge in [-0.3, -0.25) is 0 Å². The predicted molar refractivity (Wildman–Crippen MR) is 96.6 cm³/mol. The van der Waals surface area contributed by atoms with Crippen LogP contribution in [0.4, 0.5) is 4.79 Å². The first-order chi connectivity index (χ1) is 12.6. The van der Waals surface area contributed by atoms with Gasteiger partial charge >= 0.3 is 6.09 Å². The first kappa shape index (κ1) is 17.5. The third kappa shape index (κ3) is 4.63. The zero-order valence-electron chi connectivity index (χ0n) is 14.7. The number of hydrogen-bond acceptors (Lipinski definition) is 5. The largest absolute Gasteiger partial charge is 0.489 e. The van der Waals surface area contributed by atoms with Crippen molar-refractivity contribution in [2.45, 2.75) is 13.2 Å². The Morgan fingerprint density at radius 1 is 1.04 bits per heavy atom. The molecule has 26 heavy (non-hydrogen) atoms. The van der Waals surface area contributed by atoms with Gasteiger partial charge in [-0.05, 0) is 29.8 Å². The molecule has 0 unspecified atom stereocenters. The van der Waals surface area contributed by atoms with Crippen LogP contribution >= 0.6 is 0 Å². The summed E-state index contributed by atoms with van der Waals surface area (Å²) in [6.45, 7) is 0.563. The maximum atomic E-state index is 11.4. The third-order valence-electron chi connectivity index (χ3n) is 3.66. The Balaban J connectivity index is 1.57. The molecule has 2 aromatic carbocycles. The van der Waals surface area contributed by atoms with Crippen molar-refractivity contribution >= 4 is 6.09 Å². The molecule has 3 aromatic rings.